The van der Waals surface area contributed by atoms with Gasteiger partial charge in [0.05, 0.1) is 11.4 Å². The number of alkyl halides is 3. The average molecular weight is 383 g/mol. The lowest BCUT2D eigenvalue weighted by atomic mass is 10.4. The summed E-state index contributed by atoms with van der Waals surface area (Å²) in [5.41, 5.74) is 0.335. The Bertz CT molecular complexity index is 941. The summed E-state index contributed by atoms with van der Waals surface area (Å²) in [5.74, 6) is -1.69. The number of carbonyl (C=O) groups is 1. The number of thiophene rings is 1. The minimum absolute atomic E-state index is 0.112. The van der Waals surface area contributed by atoms with E-state index in [1.807, 2.05) is 0 Å². The van der Waals surface area contributed by atoms with Gasteiger partial charge in [0, 0.05) is 17.1 Å². The third-order valence-electron chi connectivity index (χ3n) is 3.65. The van der Waals surface area contributed by atoms with Gasteiger partial charge in [-0.1, -0.05) is 5.16 Å². The fraction of sp³-hybridized carbons (Fsp3) is 0.333. The van der Waals surface area contributed by atoms with E-state index in [0.29, 0.717) is 17.1 Å². The first-order valence-corrected chi connectivity index (χ1v) is 8.54. The molecule has 0 bridgehead atoms. The molecule has 0 saturated heterocycles. The molecule has 3 heterocycles. The highest BCUT2D eigenvalue weighted by atomic mass is 32.1. The van der Waals surface area contributed by atoms with Crippen molar-refractivity contribution in [2.75, 3.05) is 0 Å². The van der Waals surface area contributed by atoms with Crippen LogP contribution in [0.4, 0.5) is 13.2 Å². The number of carbonyl (C=O) groups excluding carboxylic acids is 1. The molecule has 3 aromatic heterocycles. The fourth-order valence-corrected chi connectivity index (χ4v) is 3.16. The highest BCUT2D eigenvalue weighted by Gasteiger charge is 2.38. The minimum atomic E-state index is -4.67. The monoisotopic (exact) mass is 383 g/mol. The summed E-state index contributed by atoms with van der Waals surface area (Å²) in [5, 5.41) is 10.4. The number of hydrogen-bond donors (Lipinski definition) is 1. The molecule has 1 aliphatic rings. The van der Waals surface area contributed by atoms with Crippen LogP contribution in [0, 0.1) is 0 Å². The number of rotatable bonds is 5. The molecule has 0 spiro atoms. The second-order valence-electron chi connectivity index (χ2n) is 5.83. The minimum Gasteiger partial charge on any atom is -0.348 e. The zero-order valence-corrected chi connectivity index (χ0v) is 14.0. The van der Waals surface area contributed by atoms with E-state index in [-0.39, 0.29) is 17.8 Å². The Morgan fingerprint density at radius 1 is 1.35 bits per heavy atom. The van der Waals surface area contributed by atoms with Crippen molar-refractivity contribution in [3.8, 4) is 10.7 Å². The number of hydrogen-bond acceptors (Lipinski definition) is 6. The maximum Gasteiger partial charge on any atom is 0.471 e. The van der Waals surface area contributed by atoms with Crippen molar-refractivity contribution in [1.82, 2.24) is 25.2 Å². The highest BCUT2D eigenvalue weighted by molar-refractivity contribution is 7.15. The molecule has 1 aliphatic carbocycles. The molecule has 0 aliphatic heterocycles. The van der Waals surface area contributed by atoms with Gasteiger partial charge in [-0.25, -0.2) is 0 Å². The molecular weight excluding hydrogens is 371 g/mol. The molecule has 0 radical (unpaired) electrons. The number of nitrogens with zero attached hydrogens (tertiary/aromatic N) is 4. The SMILES string of the molecule is O=C(NC1CC1)c1ccn(Cc2ccc(-c3noc(C(F)(F)F)n3)s2)n1. The summed E-state index contributed by atoms with van der Waals surface area (Å²) in [7, 11) is 0. The van der Waals surface area contributed by atoms with Crippen LogP contribution in [0.15, 0.2) is 28.9 Å². The van der Waals surface area contributed by atoms with Crippen LogP contribution in [0.25, 0.3) is 10.7 Å². The number of aromatic nitrogens is 4. The Labute approximate surface area is 148 Å². The molecule has 1 saturated carbocycles. The predicted octanol–water partition coefficient (Wildman–Crippen LogP) is 2.95. The van der Waals surface area contributed by atoms with Crippen molar-refractivity contribution in [3.63, 3.8) is 0 Å². The molecule has 0 aromatic carbocycles. The quantitative estimate of drug-likeness (QED) is 0.732. The van der Waals surface area contributed by atoms with Gasteiger partial charge in [0.1, 0.15) is 5.69 Å². The van der Waals surface area contributed by atoms with Crippen LogP contribution in [0.3, 0.4) is 0 Å². The molecular formula is C15H12F3N5O2S. The molecule has 136 valence electrons. The van der Waals surface area contributed by atoms with Gasteiger partial charge in [-0.15, -0.1) is 11.3 Å². The van der Waals surface area contributed by atoms with Gasteiger partial charge < -0.3 is 9.84 Å². The summed E-state index contributed by atoms with van der Waals surface area (Å²) in [6.45, 7) is 0.380. The van der Waals surface area contributed by atoms with E-state index in [4.69, 9.17) is 0 Å². The van der Waals surface area contributed by atoms with E-state index in [1.165, 1.54) is 11.3 Å². The van der Waals surface area contributed by atoms with Gasteiger partial charge >= 0.3 is 12.1 Å². The molecule has 1 amide bonds. The zero-order valence-electron chi connectivity index (χ0n) is 13.2. The normalized spacial score (nSPS) is 14.6. The topological polar surface area (TPSA) is 85.8 Å². The lowest BCUT2D eigenvalue weighted by Gasteiger charge is -2.00. The van der Waals surface area contributed by atoms with Gasteiger partial charge in [0.15, 0.2) is 0 Å². The van der Waals surface area contributed by atoms with Crippen molar-refractivity contribution in [2.24, 2.45) is 0 Å². The van der Waals surface area contributed by atoms with Crippen LogP contribution >= 0.6 is 11.3 Å². The average Bonchev–Trinajstić information content (AvgIpc) is 3.01. The maximum atomic E-state index is 12.5. The Balaban J connectivity index is 1.44. The second-order valence-corrected chi connectivity index (χ2v) is 7.00. The summed E-state index contributed by atoms with van der Waals surface area (Å²) in [6.07, 6.45) is -0.998. The Hall–Kier alpha value is -2.69. The molecule has 0 unspecified atom stereocenters. The summed E-state index contributed by atoms with van der Waals surface area (Å²) in [6, 6.07) is 5.25. The number of halogens is 3. The van der Waals surface area contributed by atoms with E-state index >= 15 is 0 Å². The predicted molar refractivity (Wildman–Crippen MR) is 84.4 cm³/mol. The molecule has 0 atom stereocenters. The molecule has 1 fully saturated rings. The molecule has 26 heavy (non-hydrogen) atoms. The van der Waals surface area contributed by atoms with Crippen molar-refractivity contribution in [1.29, 1.82) is 0 Å². The van der Waals surface area contributed by atoms with E-state index in [0.717, 1.165) is 17.7 Å². The van der Waals surface area contributed by atoms with Crippen LogP contribution in [-0.2, 0) is 12.7 Å². The van der Waals surface area contributed by atoms with E-state index < -0.39 is 12.1 Å². The van der Waals surface area contributed by atoms with Crippen LogP contribution in [-0.4, -0.2) is 31.9 Å². The largest absolute Gasteiger partial charge is 0.471 e. The van der Waals surface area contributed by atoms with Crippen molar-refractivity contribution in [3.05, 3.63) is 40.9 Å². The number of nitrogens with one attached hydrogen (secondary N) is 1. The van der Waals surface area contributed by atoms with Gasteiger partial charge in [0.2, 0.25) is 5.82 Å². The van der Waals surface area contributed by atoms with Gasteiger partial charge in [-0.05, 0) is 31.0 Å². The van der Waals surface area contributed by atoms with Gasteiger partial charge in [-0.3, -0.25) is 9.48 Å². The first-order valence-electron chi connectivity index (χ1n) is 7.73. The summed E-state index contributed by atoms with van der Waals surface area (Å²) in [4.78, 5) is 16.6. The summed E-state index contributed by atoms with van der Waals surface area (Å²) >= 11 is 1.23. The van der Waals surface area contributed by atoms with Gasteiger partial charge in [-0.2, -0.15) is 23.3 Å². The fourth-order valence-electron chi connectivity index (χ4n) is 2.24. The third kappa shape index (κ3) is 3.62. The molecule has 7 nitrogen and oxygen atoms in total. The van der Waals surface area contributed by atoms with Crippen molar-refractivity contribution in [2.45, 2.75) is 31.6 Å². The third-order valence-corrected chi connectivity index (χ3v) is 4.72. The first-order chi connectivity index (χ1) is 12.4. The smallest absolute Gasteiger partial charge is 0.348 e. The van der Waals surface area contributed by atoms with E-state index in [2.05, 4.69) is 25.1 Å². The van der Waals surface area contributed by atoms with Crippen molar-refractivity contribution < 1.29 is 22.5 Å². The maximum absolute atomic E-state index is 12.5. The van der Waals surface area contributed by atoms with E-state index in [1.54, 1.807) is 29.1 Å². The zero-order chi connectivity index (χ0) is 18.3. The first kappa shape index (κ1) is 16.8. The summed E-state index contributed by atoms with van der Waals surface area (Å²) < 4.78 is 43.4. The Kier molecular flexibility index (Phi) is 4.02. The highest BCUT2D eigenvalue weighted by Crippen LogP contribution is 2.31. The second kappa shape index (κ2) is 6.24. The van der Waals surface area contributed by atoms with Crippen LogP contribution < -0.4 is 5.32 Å². The molecule has 4 rings (SSSR count). The molecule has 3 aromatic rings. The van der Waals surface area contributed by atoms with Gasteiger partial charge in [0.25, 0.3) is 5.91 Å². The Morgan fingerprint density at radius 3 is 2.85 bits per heavy atom. The number of amides is 1. The van der Waals surface area contributed by atoms with E-state index in [9.17, 15) is 18.0 Å². The van der Waals surface area contributed by atoms with Crippen molar-refractivity contribution >= 4 is 17.2 Å². The lowest BCUT2D eigenvalue weighted by Crippen LogP contribution is -2.25. The van der Waals surface area contributed by atoms with Crippen LogP contribution in [0.2, 0.25) is 0 Å². The van der Waals surface area contributed by atoms with Crippen LogP contribution in [0.1, 0.15) is 34.1 Å². The standard InChI is InChI=1S/C15H12F3N5O2S/c16-15(17,18)14-20-12(22-25-14)11-4-3-9(26-11)7-23-6-5-10(21-23)13(24)19-8-1-2-8/h3-6,8H,1-2,7H2,(H,19,24). The van der Waals surface area contributed by atoms with Crippen LogP contribution in [0.5, 0.6) is 0 Å². The Morgan fingerprint density at radius 2 is 2.15 bits per heavy atom. The molecule has 11 heteroatoms. The molecule has 1 N–H and O–H groups in total. The lowest BCUT2D eigenvalue weighted by molar-refractivity contribution is -0.159.